The van der Waals surface area contributed by atoms with Gasteiger partial charge in [0, 0.05) is 10.0 Å². The molecule has 0 bridgehead atoms. The van der Waals surface area contributed by atoms with E-state index in [9.17, 15) is 0 Å². The SMILES string of the molecule is Clc1ccc(CCCC(Cl)c2ccccc2)c(Cl)c1. The van der Waals surface area contributed by atoms with Crippen molar-refractivity contribution < 1.29 is 0 Å². The van der Waals surface area contributed by atoms with Crippen LogP contribution in [0.3, 0.4) is 0 Å². The minimum Gasteiger partial charge on any atom is -0.118 e. The van der Waals surface area contributed by atoms with Gasteiger partial charge in [0.1, 0.15) is 0 Å². The van der Waals surface area contributed by atoms with Gasteiger partial charge in [-0.2, -0.15) is 0 Å². The van der Waals surface area contributed by atoms with E-state index in [-0.39, 0.29) is 5.38 Å². The maximum absolute atomic E-state index is 6.38. The first-order chi connectivity index (χ1) is 9.16. The molecular formula is C16H15Cl3. The van der Waals surface area contributed by atoms with Crippen molar-refractivity contribution >= 4 is 34.8 Å². The van der Waals surface area contributed by atoms with Crippen LogP contribution in [0.25, 0.3) is 0 Å². The van der Waals surface area contributed by atoms with Gasteiger partial charge < -0.3 is 0 Å². The highest BCUT2D eigenvalue weighted by Gasteiger charge is 2.08. The fraction of sp³-hybridized carbons (Fsp3) is 0.250. The zero-order chi connectivity index (χ0) is 13.7. The molecule has 0 spiro atoms. The van der Waals surface area contributed by atoms with Crippen LogP contribution in [0.2, 0.25) is 10.0 Å². The van der Waals surface area contributed by atoms with Crippen LogP contribution in [-0.2, 0) is 6.42 Å². The molecule has 0 saturated carbocycles. The lowest BCUT2D eigenvalue weighted by atomic mass is 10.0. The number of aryl methyl sites for hydroxylation is 1. The van der Waals surface area contributed by atoms with Crippen LogP contribution in [0, 0.1) is 0 Å². The van der Waals surface area contributed by atoms with Crippen molar-refractivity contribution in [2.24, 2.45) is 0 Å². The zero-order valence-corrected chi connectivity index (χ0v) is 12.7. The standard InChI is InChI=1S/C16H15Cl3/c17-14-10-9-13(16(19)11-14)7-4-8-15(18)12-5-2-1-3-6-12/h1-3,5-6,9-11,15H,4,7-8H2. The highest BCUT2D eigenvalue weighted by Crippen LogP contribution is 2.28. The minimum atomic E-state index is 0.0623. The summed E-state index contributed by atoms with van der Waals surface area (Å²) in [6.07, 6.45) is 2.86. The molecular weight excluding hydrogens is 299 g/mol. The molecule has 0 heterocycles. The third-order valence-electron chi connectivity index (χ3n) is 3.08. The van der Waals surface area contributed by atoms with Gasteiger partial charge >= 0.3 is 0 Å². The van der Waals surface area contributed by atoms with E-state index in [1.165, 1.54) is 5.56 Å². The molecule has 1 atom stereocenters. The number of benzene rings is 2. The molecule has 0 amide bonds. The first-order valence-corrected chi connectivity index (χ1v) is 7.49. The number of hydrogen-bond donors (Lipinski definition) is 0. The van der Waals surface area contributed by atoms with Gasteiger partial charge in [0.25, 0.3) is 0 Å². The van der Waals surface area contributed by atoms with E-state index in [0.717, 1.165) is 29.8 Å². The Labute approximate surface area is 129 Å². The highest BCUT2D eigenvalue weighted by molar-refractivity contribution is 6.35. The second-order valence-corrected chi connectivity index (χ2v) is 5.88. The van der Waals surface area contributed by atoms with E-state index in [1.807, 2.05) is 30.3 Å². The third kappa shape index (κ3) is 4.42. The van der Waals surface area contributed by atoms with Crippen LogP contribution < -0.4 is 0 Å². The number of hydrogen-bond acceptors (Lipinski definition) is 0. The molecule has 2 rings (SSSR count). The predicted molar refractivity (Wildman–Crippen MR) is 84.4 cm³/mol. The van der Waals surface area contributed by atoms with Crippen LogP contribution in [0.1, 0.15) is 29.3 Å². The summed E-state index contributed by atoms with van der Waals surface area (Å²) in [5.74, 6) is 0. The summed E-state index contributed by atoms with van der Waals surface area (Å²) in [6, 6.07) is 15.8. The second-order valence-electron chi connectivity index (χ2n) is 4.51. The van der Waals surface area contributed by atoms with Gasteiger partial charge in [-0.05, 0) is 42.5 Å². The lowest BCUT2D eigenvalue weighted by molar-refractivity contribution is 0.716. The second kappa shape index (κ2) is 7.19. The maximum atomic E-state index is 6.38. The number of rotatable bonds is 5. The fourth-order valence-corrected chi connectivity index (χ4v) is 2.83. The van der Waals surface area contributed by atoms with Crippen LogP contribution in [0.4, 0.5) is 0 Å². The molecule has 100 valence electrons. The Balaban J connectivity index is 1.86. The van der Waals surface area contributed by atoms with E-state index in [4.69, 9.17) is 34.8 Å². The molecule has 0 N–H and O–H groups in total. The summed E-state index contributed by atoms with van der Waals surface area (Å²) in [6.45, 7) is 0. The molecule has 0 radical (unpaired) electrons. The molecule has 0 nitrogen and oxygen atoms in total. The predicted octanol–water partition coefficient (Wildman–Crippen LogP) is 6.30. The van der Waals surface area contributed by atoms with Crippen molar-refractivity contribution in [2.75, 3.05) is 0 Å². The summed E-state index contributed by atoms with van der Waals surface area (Å²) >= 11 is 18.4. The highest BCUT2D eigenvalue weighted by atomic mass is 35.5. The lowest BCUT2D eigenvalue weighted by Gasteiger charge is -2.10. The smallest absolute Gasteiger partial charge is 0.0585 e. The van der Waals surface area contributed by atoms with E-state index >= 15 is 0 Å². The minimum absolute atomic E-state index is 0.0623. The zero-order valence-electron chi connectivity index (χ0n) is 10.5. The summed E-state index contributed by atoms with van der Waals surface area (Å²) in [5.41, 5.74) is 2.30. The summed E-state index contributed by atoms with van der Waals surface area (Å²) in [5, 5.41) is 1.47. The molecule has 0 aliphatic carbocycles. The summed E-state index contributed by atoms with van der Waals surface area (Å²) < 4.78 is 0. The van der Waals surface area contributed by atoms with Crippen LogP contribution in [0.5, 0.6) is 0 Å². The lowest BCUT2D eigenvalue weighted by Crippen LogP contribution is -1.93. The van der Waals surface area contributed by atoms with Crippen LogP contribution in [-0.4, -0.2) is 0 Å². The third-order valence-corrected chi connectivity index (χ3v) is 4.14. The molecule has 0 aromatic heterocycles. The van der Waals surface area contributed by atoms with Crippen molar-refractivity contribution in [3.05, 3.63) is 69.7 Å². The Kier molecular flexibility index (Phi) is 5.57. The van der Waals surface area contributed by atoms with E-state index < -0.39 is 0 Å². The average molecular weight is 314 g/mol. The number of alkyl halides is 1. The first-order valence-electron chi connectivity index (χ1n) is 6.30. The van der Waals surface area contributed by atoms with E-state index in [1.54, 1.807) is 6.07 Å². The Hall–Kier alpha value is -0.690. The monoisotopic (exact) mass is 312 g/mol. The Morgan fingerprint density at radius 3 is 2.37 bits per heavy atom. The van der Waals surface area contributed by atoms with Gasteiger partial charge in [-0.1, -0.05) is 59.6 Å². The van der Waals surface area contributed by atoms with Gasteiger partial charge in [0.15, 0.2) is 0 Å². The quantitative estimate of drug-likeness (QED) is 0.568. The van der Waals surface area contributed by atoms with Crippen molar-refractivity contribution in [2.45, 2.75) is 24.6 Å². The maximum Gasteiger partial charge on any atom is 0.0585 e. The van der Waals surface area contributed by atoms with Gasteiger partial charge in [0.2, 0.25) is 0 Å². The summed E-state index contributed by atoms with van der Waals surface area (Å²) in [4.78, 5) is 0. The van der Waals surface area contributed by atoms with E-state index in [0.29, 0.717) is 5.02 Å². The normalized spacial score (nSPS) is 12.4. The molecule has 2 aromatic carbocycles. The first kappa shape index (κ1) is 14.7. The van der Waals surface area contributed by atoms with Gasteiger partial charge in [-0.15, -0.1) is 11.6 Å². The topological polar surface area (TPSA) is 0 Å². The van der Waals surface area contributed by atoms with Crippen LogP contribution >= 0.6 is 34.8 Å². The van der Waals surface area contributed by atoms with Gasteiger partial charge in [0.05, 0.1) is 5.38 Å². The van der Waals surface area contributed by atoms with Crippen molar-refractivity contribution in [3.8, 4) is 0 Å². The molecule has 0 aliphatic rings. The number of halogens is 3. The largest absolute Gasteiger partial charge is 0.118 e. The van der Waals surface area contributed by atoms with Gasteiger partial charge in [-0.25, -0.2) is 0 Å². The Bertz CT molecular complexity index is 523. The van der Waals surface area contributed by atoms with Crippen molar-refractivity contribution in [3.63, 3.8) is 0 Å². The molecule has 0 aliphatic heterocycles. The molecule has 2 aromatic rings. The summed E-state index contributed by atoms with van der Waals surface area (Å²) in [7, 11) is 0. The molecule has 0 fully saturated rings. The molecule has 19 heavy (non-hydrogen) atoms. The average Bonchev–Trinajstić information content (AvgIpc) is 2.42. The Morgan fingerprint density at radius 1 is 0.947 bits per heavy atom. The Morgan fingerprint density at radius 2 is 1.68 bits per heavy atom. The fourth-order valence-electron chi connectivity index (χ4n) is 2.02. The molecule has 0 saturated heterocycles. The van der Waals surface area contributed by atoms with Gasteiger partial charge in [-0.3, -0.25) is 0 Å². The molecule has 3 heteroatoms. The van der Waals surface area contributed by atoms with Crippen molar-refractivity contribution in [1.82, 2.24) is 0 Å². The van der Waals surface area contributed by atoms with E-state index in [2.05, 4.69) is 12.1 Å². The van der Waals surface area contributed by atoms with Crippen molar-refractivity contribution in [1.29, 1.82) is 0 Å². The van der Waals surface area contributed by atoms with Crippen LogP contribution in [0.15, 0.2) is 48.5 Å². The molecule has 1 unspecified atom stereocenters.